The molecule has 0 aliphatic heterocycles. The van der Waals surface area contributed by atoms with Gasteiger partial charge in [0, 0.05) is 23.5 Å². The van der Waals surface area contributed by atoms with E-state index in [0.29, 0.717) is 11.3 Å². The molecule has 1 aromatic heterocycles. The van der Waals surface area contributed by atoms with E-state index in [0.717, 1.165) is 16.7 Å². The van der Waals surface area contributed by atoms with E-state index in [2.05, 4.69) is 21.4 Å². The Morgan fingerprint density at radius 2 is 1.62 bits per heavy atom. The smallest absolute Gasteiger partial charge is 0.275 e. The highest BCUT2D eigenvalue weighted by molar-refractivity contribution is 5.95. The highest BCUT2D eigenvalue weighted by Crippen LogP contribution is 2.31. The van der Waals surface area contributed by atoms with Gasteiger partial charge in [0.25, 0.3) is 5.91 Å². The third-order valence-corrected chi connectivity index (χ3v) is 4.43. The van der Waals surface area contributed by atoms with Gasteiger partial charge in [-0.25, -0.2) is 4.98 Å². The summed E-state index contributed by atoms with van der Waals surface area (Å²) < 4.78 is 0. The molecule has 0 unspecified atom stereocenters. The van der Waals surface area contributed by atoms with E-state index in [4.69, 9.17) is 0 Å². The van der Waals surface area contributed by atoms with Crippen molar-refractivity contribution in [1.82, 2.24) is 15.3 Å². The van der Waals surface area contributed by atoms with Gasteiger partial charge in [-0.1, -0.05) is 75.4 Å². The highest BCUT2D eigenvalue weighted by Gasteiger charge is 2.25. The molecule has 1 heterocycles. The zero-order chi connectivity index (χ0) is 20.9. The second kappa shape index (κ2) is 8.49. The largest absolute Gasteiger partial charge is 0.322 e. The van der Waals surface area contributed by atoms with Gasteiger partial charge in [-0.2, -0.15) is 5.26 Å². The molecule has 2 aromatic carbocycles. The molecule has 3 rings (SSSR count). The number of carbonyl (C=O) groups excluding carboxylic acids is 1. The van der Waals surface area contributed by atoms with E-state index in [1.54, 1.807) is 0 Å². The summed E-state index contributed by atoms with van der Waals surface area (Å²) in [6.45, 7) is 5.86. The third-order valence-electron chi connectivity index (χ3n) is 4.43. The summed E-state index contributed by atoms with van der Waals surface area (Å²) >= 11 is 0. The van der Waals surface area contributed by atoms with Crippen LogP contribution in [0, 0.1) is 16.7 Å². The quantitative estimate of drug-likeness (QED) is 0.654. The van der Waals surface area contributed by atoms with Crippen LogP contribution in [0.5, 0.6) is 0 Å². The second-order valence-electron chi connectivity index (χ2n) is 7.60. The summed E-state index contributed by atoms with van der Waals surface area (Å²) in [6, 6.07) is 20.1. The van der Waals surface area contributed by atoms with Crippen molar-refractivity contribution >= 4 is 11.5 Å². The van der Waals surface area contributed by atoms with Crippen LogP contribution in [0.4, 0.5) is 0 Å². The van der Waals surface area contributed by atoms with E-state index < -0.39 is 11.3 Å². The fourth-order valence-corrected chi connectivity index (χ4v) is 2.94. The summed E-state index contributed by atoms with van der Waals surface area (Å²) in [7, 11) is 0. The summed E-state index contributed by atoms with van der Waals surface area (Å²) in [4.78, 5) is 20.6. The zero-order valence-corrected chi connectivity index (χ0v) is 16.7. The maximum atomic E-state index is 12.6. The van der Waals surface area contributed by atoms with Crippen molar-refractivity contribution in [3.8, 4) is 17.2 Å². The molecule has 0 radical (unpaired) electrons. The Bertz CT molecular complexity index is 1060. The fraction of sp³-hybridized carbons (Fsp3) is 0.167. The number of nitrogens with zero attached hydrogens (tertiary/aromatic N) is 3. The van der Waals surface area contributed by atoms with Crippen molar-refractivity contribution in [2.24, 2.45) is 5.41 Å². The Labute approximate surface area is 170 Å². The Morgan fingerprint density at radius 1 is 0.966 bits per heavy atom. The van der Waals surface area contributed by atoms with E-state index in [-0.39, 0.29) is 5.69 Å². The Morgan fingerprint density at radius 3 is 2.17 bits per heavy atom. The van der Waals surface area contributed by atoms with Crippen LogP contribution in [0.2, 0.25) is 0 Å². The molecule has 0 bridgehead atoms. The number of nitrogens with one attached hydrogen (secondary N) is 1. The predicted octanol–water partition coefficient (Wildman–Crippen LogP) is 4.85. The van der Waals surface area contributed by atoms with Crippen LogP contribution in [-0.4, -0.2) is 15.9 Å². The van der Waals surface area contributed by atoms with Gasteiger partial charge in [0.05, 0.1) is 11.8 Å². The first-order valence-corrected chi connectivity index (χ1v) is 9.28. The lowest BCUT2D eigenvalue weighted by Crippen LogP contribution is -2.31. The standard InChI is InChI=1S/C24H22N4O/c1-24(2,3)22(28-23(29)21-16-26-13-14-27-21)20(15-25)19-11-9-18(10-12-19)17-7-5-4-6-8-17/h4-14,16H,1-3H3,(H,28,29)/b22-20-. The predicted molar refractivity (Wildman–Crippen MR) is 113 cm³/mol. The monoisotopic (exact) mass is 382 g/mol. The van der Waals surface area contributed by atoms with Crippen molar-refractivity contribution in [1.29, 1.82) is 5.26 Å². The highest BCUT2D eigenvalue weighted by atomic mass is 16.1. The number of hydrogen-bond acceptors (Lipinski definition) is 4. The molecule has 5 nitrogen and oxygen atoms in total. The molecule has 0 aliphatic rings. The Kier molecular flexibility index (Phi) is 5.85. The first kappa shape index (κ1) is 20.0. The summed E-state index contributed by atoms with van der Waals surface area (Å²) in [5.41, 5.74) is 3.63. The van der Waals surface area contributed by atoms with Gasteiger partial charge in [-0.3, -0.25) is 9.78 Å². The Hall–Kier alpha value is -3.78. The molecule has 0 saturated heterocycles. The lowest BCUT2D eigenvalue weighted by atomic mass is 9.86. The maximum Gasteiger partial charge on any atom is 0.275 e. The Balaban J connectivity index is 2.00. The van der Waals surface area contributed by atoms with Crippen LogP contribution >= 0.6 is 0 Å². The van der Waals surface area contributed by atoms with Gasteiger partial charge >= 0.3 is 0 Å². The van der Waals surface area contributed by atoms with Crippen LogP contribution in [0.1, 0.15) is 36.8 Å². The van der Waals surface area contributed by atoms with Gasteiger partial charge < -0.3 is 5.32 Å². The van der Waals surface area contributed by atoms with Gasteiger partial charge in [0.1, 0.15) is 11.8 Å². The van der Waals surface area contributed by atoms with Gasteiger partial charge in [0.15, 0.2) is 0 Å². The van der Waals surface area contributed by atoms with Crippen molar-refractivity contribution < 1.29 is 4.79 Å². The normalized spacial score (nSPS) is 11.9. The number of hydrogen-bond donors (Lipinski definition) is 1. The van der Waals surface area contributed by atoms with E-state index in [9.17, 15) is 10.1 Å². The molecule has 29 heavy (non-hydrogen) atoms. The number of allylic oxidation sites excluding steroid dienone is 2. The number of aromatic nitrogens is 2. The number of nitriles is 1. The molecule has 0 atom stereocenters. The lowest BCUT2D eigenvalue weighted by Gasteiger charge is -2.25. The minimum absolute atomic E-state index is 0.200. The topological polar surface area (TPSA) is 78.7 Å². The van der Waals surface area contributed by atoms with Crippen LogP contribution in [0.15, 0.2) is 78.9 Å². The SMILES string of the molecule is CC(C)(C)/C(NC(=O)c1cnccn1)=C(\C#N)c1ccc(-c2ccccc2)cc1. The fourth-order valence-electron chi connectivity index (χ4n) is 2.94. The van der Waals surface area contributed by atoms with Crippen molar-refractivity contribution in [3.05, 3.63) is 90.1 Å². The minimum Gasteiger partial charge on any atom is -0.322 e. The molecule has 3 aromatic rings. The maximum absolute atomic E-state index is 12.6. The molecule has 0 spiro atoms. The van der Waals surface area contributed by atoms with Crippen LogP contribution in [-0.2, 0) is 0 Å². The van der Waals surface area contributed by atoms with Gasteiger partial charge in [-0.05, 0) is 16.7 Å². The van der Waals surface area contributed by atoms with E-state index in [1.165, 1.54) is 18.6 Å². The number of benzene rings is 2. The molecule has 0 fully saturated rings. The summed E-state index contributed by atoms with van der Waals surface area (Å²) in [5, 5.41) is 12.8. The van der Waals surface area contributed by atoms with Gasteiger partial charge in [0.2, 0.25) is 0 Å². The van der Waals surface area contributed by atoms with E-state index >= 15 is 0 Å². The average Bonchev–Trinajstić information content (AvgIpc) is 2.74. The number of carbonyl (C=O) groups is 1. The molecular formula is C24H22N4O. The molecule has 1 amide bonds. The van der Waals surface area contributed by atoms with E-state index in [1.807, 2.05) is 75.4 Å². The molecule has 0 aliphatic carbocycles. The third kappa shape index (κ3) is 4.74. The second-order valence-corrected chi connectivity index (χ2v) is 7.60. The molecule has 144 valence electrons. The summed E-state index contributed by atoms with van der Waals surface area (Å²) in [6.07, 6.45) is 4.37. The van der Waals surface area contributed by atoms with Crippen molar-refractivity contribution in [2.45, 2.75) is 20.8 Å². The molecule has 1 N–H and O–H groups in total. The van der Waals surface area contributed by atoms with Crippen LogP contribution in [0.25, 0.3) is 16.7 Å². The number of amides is 1. The number of rotatable bonds is 4. The van der Waals surface area contributed by atoms with Crippen LogP contribution in [0.3, 0.4) is 0 Å². The lowest BCUT2D eigenvalue weighted by molar-refractivity contribution is 0.0952. The summed E-state index contributed by atoms with van der Waals surface area (Å²) in [5.74, 6) is -0.392. The minimum atomic E-state index is -0.457. The average molecular weight is 382 g/mol. The van der Waals surface area contributed by atoms with Crippen LogP contribution < -0.4 is 5.32 Å². The molecule has 0 saturated carbocycles. The molecule has 5 heteroatoms. The molecular weight excluding hydrogens is 360 g/mol. The van der Waals surface area contributed by atoms with Crippen molar-refractivity contribution in [3.63, 3.8) is 0 Å². The first-order chi connectivity index (χ1) is 13.9. The van der Waals surface area contributed by atoms with Gasteiger partial charge in [-0.15, -0.1) is 0 Å². The zero-order valence-electron chi connectivity index (χ0n) is 16.7. The first-order valence-electron chi connectivity index (χ1n) is 9.28. The van der Waals surface area contributed by atoms with Crippen molar-refractivity contribution in [2.75, 3.05) is 0 Å².